The molecule has 0 unspecified atom stereocenters. The predicted octanol–water partition coefficient (Wildman–Crippen LogP) is -2.00. The Morgan fingerprint density at radius 2 is 1.77 bits per heavy atom. The molecule has 0 aliphatic heterocycles. The lowest BCUT2D eigenvalue weighted by atomic mass is 10.4. The lowest BCUT2D eigenvalue weighted by molar-refractivity contribution is -0.884. The lowest BCUT2D eigenvalue weighted by Crippen LogP contribution is -3.00. The molecule has 0 aromatic carbocycles. The molecule has 0 atom stereocenters. The van der Waals surface area contributed by atoms with Gasteiger partial charge in [0.1, 0.15) is 12.2 Å². The summed E-state index contributed by atoms with van der Waals surface area (Å²) in [5.74, 6) is 0. The van der Waals surface area contributed by atoms with E-state index in [1.54, 1.807) is 0 Å². The van der Waals surface area contributed by atoms with Crippen LogP contribution in [0.25, 0.3) is 0 Å². The molecule has 0 saturated carbocycles. The van der Waals surface area contributed by atoms with Crippen LogP contribution in [0.5, 0.6) is 0 Å². The van der Waals surface area contributed by atoms with Gasteiger partial charge in [0, 0.05) is 6.20 Å². The van der Waals surface area contributed by atoms with Crippen LogP contribution in [0.2, 0.25) is 0 Å². The first-order valence-electron chi connectivity index (χ1n) is 4.05. The number of hydrogen-bond donors (Lipinski definition) is 0. The van der Waals surface area contributed by atoms with Gasteiger partial charge in [0.2, 0.25) is 0 Å². The van der Waals surface area contributed by atoms with Gasteiger partial charge in [-0.1, -0.05) is 0 Å². The third kappa shape index (κ3) is 4.80. The highest BCUT2D eigenvalue weighted by atomic mass is 35.5. The first kappa shape index (κ1) is 12.3. The number of rotatable bonds is 2. The Hall–Kier alpha value is -0.670. The van der Waals surface area contributed by atoms with Gasteiger partial charge in [0.05, 0.1) is 33.0 Å². The van der Waals surface area contributed by atoms with Crippen LogP contribution in [0.4, 0.5) is 0 Å². The fourth-order valence-corrected chi connectivity index (χ4v) is 0.987. The van der Waals surface area contributed by atoms with Gasteiger partial charge in [-0.05, 0) is 6.92 Å². The highest BCUT2D eigenvalue weighted by Crippen LogP contribution is 2.01. The van der Waals surface area contributed by atoms with Crippen LogP contribution in [-0.4, -0.2) is 35.6 Å². The van der Waals surface area contributed by atoms with Crippen molar-refractivity contribution in [3.8, 4) is 0 Å². The molecular weight excluding hydrogens is 186 g/mol. The number of quaternary nitrogens is 1. The summed E-state index contributed by atoms with van der Waals surface area (Å²) >= 11 is 0. The van der Waals surface area contributed by atoms with E-state index in [4.69, 9.17) is 0 Å². The normalized spacial score (nSPS) is 10.8. The smallest absolute Gasteiger partial charge is 0.123 e. The molecule has 0 radical (unpaired) electrons. The fraction of sp³-hybridized carbons (Fsp3) is 0.556. The summed E-state index contributed by atoms with van der Waals surface area (Å²) in [7, 11) is 6.42. The first-order chi connectivity index (χ1) is 5.47. The summed E-state index contributed by atoms with van der Waals surface area (Å²) in [5.41, 5.74) is 2.02. The maximum atomic E-state index is 4.29. The zero-order valence-electron chi connectivity index (χ0n) is 8.58. The third-order valence-electron chi connectivity index (χ3n) is 1.47. The zero-order valence-corrected chi connectivity index (χ0v) is 9.34. The van der Waals surface area contributed by atoms with Crippen molar-refractivity contribution in [2.75, 3.05) is 21.1 Å². The van der Waals surface area contributed by atoms with Gasteiger partial charge in [-0.2, -0.15) is 0 Å². The highest BCUT2D eigenvalue weighted by molar-refractivity contribution is 4.98. The van der Waals surface area contributed by atoms with Crippen molar-refractivity contribution in [2.45, 2.75) is 13.5 Å². The number of aromatic nitrogens is 2. The van der Waals surface area contributed by atoms with Gasteiger partial charge in [0.25, 0.3) is 0 Å². The van der Waals surface area contributed by atoms with E-state index in [1.165, 1.54) is 0 Å². The van der Waals surface area contributed by atoms with Crippen LogP contribution in [0, 0.1) is 6.92 Å². The van der Waals surface area contributed by atoms with E-state index in [2.05, 4.69) is 31.1 Å². The van der Waals surface area contributed by atoms with Gasteiger partial charge < -0.3 is 16.9 Å². The van der Waals surface area contributed by atoms with E-state index in [0.717, 1.165) is 22.4 Å². The maximum Gasteiger partial charge on any atom is 0.123 e. The Kier molecular flexibility index (Phi) is 4.30. The third-order valence-corrected chi connectivity index (χ3v) is 1.47. The van der Waals surface area contributed by atoms with Crippen LogP contribution in [0.3, 0.4) is 0 Å². The molecule has 1 aromatic rings. The Labute approximate surface area is 85.8 Å². The van der Waals surface area contributed by atoms with Gasteiger partial charge >= 0.3 is 0 Å². The van der Waals surface area contributed by atoms with E-state index < -0.39 is 0 Å². The number of halogens is 1. The van der Waals surface area contributed by atoms with E-state index in [-0.39, 0.29) is 12.4 Å². The SMILES string of the molecule is Cc1cnc(C[N+](C)(C)C)cn1.[Cl-]. The maximum absolute atomic E-state index is 4.29. The van der Waals surface area contributed by atoms with Crippen molar-refractivity contribution in [2.24, 2.45) is 0 Å². The Balaban J connectivity index is 0.00000144. The predicted molar refractivity (Wildman–Crippen MR) is 48.5 cm³/mol. The standard InChI is InChI=1S/C9H16N3.ClH/c1-8-5-11-9(6-10-8)7-12(2,3)4;/h5-6H,7H2,1-4H3;1H/q+1;/p-1. The fourth-order valence-electron chi connectivity index (χ4n) is 0.987. The molecule has 0 fully saturated rings. The molecule has 1 heterocycles. The Morgan fingerprint density at radius 1 is 1.15 bits per heavy atom. The minimum absolute atomic E-state index is 0. The molecule has 0 saturated heterocycles. The molecule has 13 heavy (non-hydrogen) atoms. The molecule has 0 N–H and O–H groups in total. The number of aryl methyl sites for hydroxylation is 1. The molecule has 1 rings (SSSR count). The molecule has 0 aliphatic carbocycles. The van der Waals surface area contributed by atoms with Crippen molar-refractivity contribution in [1.82, 2.24) is 9.97 Å². The average molecular weight is 202 g/mol. The zero-order chi connectivity index (χ0) is 9.19. The summed E-state index contributed by atoms with van der Waals surface area (Å²) in [6, 6.07) is 0. The van der Waals surface area contributed by atoms with Crippen LogP contribution in [-0.2, 0) is 6.54 Å². The molecule has 3 nitrogen and oxygen atoms in total. The number of hydrogen-bond acceptors (Lipinski definition) is 2. The summed E-state index contributed by atoms with van der Waals surface area (Å²) < 4.78 is 0.887. The van der Waals surface area contributed by atoms with E-state index in [0.29, 0.717) is 0 Å². The molecule has 1 aromatic heterocycles. The minimum atomic E-state index is 0. The summed E-state index contributed by atoms with van der Waals surface area (Å²) in [4.78, 5) is 8.48. The summed E-state index contributed by atoms with van der Waals surface area (Å²) in [6.45, 7) is 2.87. The van der Waals surface area contributed by atoms with Gasteiger partial charge in [-0.25, -0.2) is 0 Å². The van der Waals surface area contributed by atoms with Crippen molar-refractivity contribution >= 4 is 0 Å². The minimum Gasteiger partial charge on any atom is -1.00 e. The molecular formula is C9H16ClN3. The topological polar surface area (TPSA) is 25.8 Å². The monoisotopic (exact) mass is 201 g/mol. The van der Waals surface area contributed by atoms with Crippen LogP contribution in [0.15, 0.2) is 12.4 Å². The van der Waals surface area contributed by atoms with E-state index >= 15 is 0 Å². The second-order valence-corrected chi connectivity index (χ2v) is 4.10. The second kappa shape index (κ2) is 4.53. The number of nitrogens with zero attached hydrogens (tertiary/aromatic N) is 3. The van der Waals surface area contributed by atoms with Crippen LogP contribution in [0.1, 0.15) is 11.4 Å². The molecule has 0 bridgehead atoms. The molecule has 0 aliphatic rings. The van der Waals surface area contributed by atoms with Gasteiger partial charge in [-0.3, -0.25) is 9.97 Å². The largest absolute Gasteiger partial charge is 1.00 e. The average Bonchev–Trinajstić information content (AvgIpc) is 1.91. The van der Waals surface area contributed by atoms with Crippen molar-refractivity contribution in [3.63, 3.8) is 0 Å². The quantitative estimate of drug-likeness (QED) is 0.518. The first-order valence-corrected chi connectivity index (χ1v) is 4.05. The van der Waals surface area contributed by atoms with Crippen LogP contribution < -0.4 is 12.4 Å². The lowest BCUT2D eigenvalue weighted by Gasteiger charge is -2.22. The van der Waals surface area contributed by atoms with E-state index in [1.807, 2.05) is 19.3 Å². The van der Waals surface area contributed by atoms with Crippen molar-refractivity contribution in [3.05, 3.63) is 23.8 Å². The summed E-state index contributed by atoms with van der Waals surface area (Å²) in [5, 5.41) is 0. The van der Waals surface area contributed by atoms with Gasteiger partial charge in [0.15, 0.2) is 0 Å². The molecule has 0 spiro atoms. The van der Waals surface area contributed by atoms with E-state index in [9.17, 15) is 0 Å². The molecule has 74 valence electrons. The molecule has 0 amide bonds. The second-order valence-electron chi connectivity index (χ2n) is 4.10. The highest BCUT2D eigenvalue weighted by Gasteiger charge is 2.08. The Morgan fingerprint density at radius 3 is 2.15 bits per heavy atom. The van der Waals surface area contributed by atoms with Crippen molar-refractivity contribution < 1.29 is 16.9 Å². The Bertz CT molecular complexity index is 251. The van der Waals surface area contributed by atoms with Gasteiger partial charge in [-0.15, -0.1) is 0 Å². The summed E-state index contributed by atoms with van der Waals surface area (Å²) in [6.07, 6.45) is 3.66. The van der Waals surface area contributed by atoms with Crippen LogP contribution >= 0.6 is 0 Å². The van der Waals surface area contributed by atoms with Crippen molar-refractivity contribution in [1.29, 1.82) is 0 Å². The molecule has 4 heteroatoms.